The highest BCUT2D eigenvalue weighted by Gasteiger charge is 2.24. The molecule has 0 aliphatic carbocycles. The van der Waals surface area contributed by atoms with E-state index in [0.29, 0.717) is 0 Å². The van der Waals surface area contributed by atoms with E-state index in [1.807, 2.05) is 0 Å². The van der Waals surface area contributed by atoms with E-state index in [1.54, 1.807) is 0 Å². The van der Waals surface area contributed by atoms with Gasteiger partial charge in [-0.2, -0.15) is 0 Å². The number of carbonyl (C=O) groups is 1. The second-order valence-electron chi connectivity index (χ2n) is 3.54. The fraction of sp³-hybridized carbons (Fsp3) is 0.364. The van der Waals surface area contributed by atoms with E-state index in [9.17, 15) is 19.4 Å². The Morgan fingerprint density at radius 3 is 2.71 bits per heavy atom. The van der Waals surface area contributed by atoms with E-state index in [0.717, 1.165) is 6.07 Å². The predicted molar refractivity (Wildman–Crippen MR) is 57.7 cm³/mol. The van der Waals surface area contributed by atoms with Crippen LogP contribution in [0.3, 0.4) is 0 Å². The number of halogens is 1. The van der Waals surface area contributed by atoms with Crippen LogP contribution in [0.4, 0.5) is 4.39 Å². The zero-order chi connectivity index (χ0) is 13.0. The van der Waals surface area contributed by atoms with Crippen molar-refractivity contribution in [2.75, 3.05) is 7.11 Å². The van der Waals surface area contributed by atoms with Crippen LogP contribution in [-0.2, 0) is 4.79 Å². The minimum Gasteiger partial charge on any atom is -0.493 e. The standard InChI is InChI=1S/C11H14FNO4/c1-17-11-6(3-2-4-7(11)12)10(16)8(14)5-9(13)15/h2-4,8,10,14,16H,5H2,1H3,(H2,13,15). The molecular formula is C11H14FNO4. The number of aliphatic hydroxyl groups excluding tert-OH is 2. The van der Waals surface area contributed by atoms with Gasteiger partial charge < -0.3 is 20.7 Å². The molecule has 0 radical (unpaired) electrons. The molecule has 0 aliphatic heterocycles. The molecule has 2 atom stereocenters. The van der Waals surface area contributed by atoms with Gasteiger partial charge in [0.15, 0.2) is 11.6 Å². The van der Waals surface area contributed by atoms with Crippen molar-refractivity contribution >= 4 is 5.91 Å². The normalized spacial score (nSPS) is 14.1. The molecule has 0 spiro atoms. The maximum atomic E-state index is 13.3. The number of aliphatic hydroxyl groups is 2. The lowest BCUT2D eigenvalue weighted by Crippen LogP contribution is -2.26. The van der Waals surface area contributed by atoms with E-state index in [2.05, 4.69) is 0 Å². The molecule has 2 unspecified atom stereocenters. The summed E-state index contributed by atoms with van der Waals surface area (Å²) in [4.78, 5) is 10.6. The highest BCUT2D eigenvalue weighted by Crippen LogP contribution is 2.30. The van der Waals surface area contributed by atoms with Crippen LogP contribution < -0.4 is 10.5 Å². The Balaban J connectivity index is 2.99. The Kier molecular flexibility index (Phi) is 4.42. The summed E-state index contributed by atoms with van der Waals surface area (Å²) < 4.78 is 18.1. The lowest BCUT2D eigenvalue weighted by Gasteiger charge is -2.19. The molecule has 1 amide bonds. The van der Waals surface area contributed by atoms with Gasteiger partial charge in [0, 0.05) is 5.56 Å². The van der Waals surface area contributed by atoms with Crippen LogP contribution in [-0.4, -0.2) is 29.3 Å². The first-order valence-electron chi connectivity index (χ1n) is 4.94. The van der Waals surface area contributed by atoms with E-state index in [1.165, 1.54) is 19.2 Å². The molecule has 1 aromatic carbocycles. The third-order valence-corrected chi connectivity index (χ3v) is 2.29. The molecule has 1 rings (SSSR count). The molecule has 0 saturated carbocycles. The molecule has 0 bridgehead atoms. The van der Waals surface area contributed by atoms with E-state index < -0.39 is 30.4 Å². The number of para-hydroxylation sites is 1. The number of methoxy groups -OCH3 is 1. The van der Waals surface area contributed by atoms with Gasteiger partial charge in [0.05, 0.1) is 19.6 Å². The molecule has 17 heavy (non-hydrogen) atoms. The lowest BCUT2D eigenvalue weighted by atomic mass is 10.0. The second-order valence-corrected chi connectivity index (χ2v) is 3.54. The molecule has 1 aromatic rings. The molecule has 4 N–H and O–H groups in total. The molecule has 94 valence electrons. The van der Waals surface area contributed by atoms with Gasteiger partial charge in [-0.05, 0) is 6.07 Å². The smallest absolute Gasteiger partial charge is 0.220 e. The first kappa shape index (κ1) is 13.4. The Labute approximate surface area is 97.6 Å². The number of ether oxygens (including phenoxy) is 1. The van der Waals surface area contributed by atoms with Crippen LogP contribution in [0.5, 0.6) is 5.75 Å². The molecule has 5 nitrogen and oxygen atoms in total. The van der Waals surface area contributed by atoms with E-state index >= 15 is 0 Å². The third kappa shape index (κ3) is 3.15. The number of hydrogen-bond donors (Lipinski definition) is 3. The fourth-order valence-electron chi connectivity index (χ4n) is 1.50. The summed E-state index contributed by atoms with van der Waals surface area (Å²) in [6, 6.07) is 3.93. The minimum atomic E-state index is -1.44. The van der Waals surface area contributed by atoms with Crippen molar-refractivity contribution in [3.63, 3.8) is 0 Å². The summed E-state index contributed by atoms with van der Waals surface area (Å²) in [5.41, 5.74) is 4.96. The highest BCUT2D eigenvalue weighted by atomic mass is 19.1. The van der Waals surface area contributed by atoms with Crippen LogP contribution in [0.1, 0.15) is 18.1 Å². The van der Waals surface area contributed by atoms with Gasteiger partial charge in [-0.3, -0.25) is 4.79 Å². The molecule has 0 fully saturated rings. The third-order valence-electron chi connectivity index (χ3n) is 2.29. The first-order valence-corrected chi connectivity index (χ1v) is 4.94. The summed E-state index contributed by atoms with van der Waals surface area (Å²) in [5, 5.41) is 19.3. The second kappa shape index (κ2) is 5.60. The predicted octanol–water partition coefficient (Wildman–Crippen LogP) is 0.104. The summed E-state index contributed by atoms with van der Waals surface area (Å²) in [6.45, 7) is 0. The van der Waals surface area contributed by atoms with Crippen molar-refractivity contribution in [1.82, 2.24) is 0 Å². The van der Waals surface area contributed by atoms with Gasteiger partial charge in [0.2, 0.25) is 5.91 Å². The van der Waals surface area contributed by atoms with Crippen LogP contribution in [0, 0.1) is 5.82 Å². The number of carbonyl (C=O) groups excluding carboxylic acids is 1. The minimum absolute atomic E-state index is 0.0706. The van der Waals surface area contributed by atoms with Gasteiger partial charge >= 0.3 is 0 Å². The quantitative estimate of drug-likeness (QED) is 0.684. The number of hydrogen-bond acceptors (Lipinski definition) is 4. The first-order chi connectivity index (χ1) is 7.97. The van der Waals surface area contributed by atoms with Crippen molar-refractivity contribution in [3.05, 3.63) is 29.6 Å². The molecular weight excluding hydrogens is 229 g/mol. The summed E-state index contributed by atoms with van der Waals surface area (Å²) in [6.07, 6.45) is -3.25. The van der Waals surface area contributed by atoms with Crippen molar-refractivity contribution in [1.29, 1.82) is 0 Å². The Hall–Kier alpha value is -1.66. The molecule has 0 aromatic heterocycles. The Bertz CT molecular complexity index is 410. The number of amides is 1. The topological polar surface area (TPSA) is 92.8 Å². The van der Waals surface area contributed by atoms with E-state index in [-0.39, 0.29) is 11.3 Å². The maximum Gasteiger partial charge on any atom is 0.220 e. The molecule has 0 saturated heterocycles. The number of benzene rings is 1. The fourth-order valence-corrected chi connectivity index (χ4v) is 1.50. The van der Waals surface area contributed by atoms with Crippen molar-refractivity contribution < 1.29 is 24.1 Å². The maximum absolute atomic E-state index is 13.3. The van der Waals surface area contributed by atoms with E-state index in [4.69, 9.17) is 10.5 Å². The summed E-state index contributed by atoms with van der Waals surface area (Å²) in [7, 11) is 1.25. The van der Waals surface area contributed by atoms with Crippen LogP contribution in [0.2, 0.25) is 0 Å². The zero-order valence-electron chi connectivity index (χ0n) is 9.26. The Morgan fingerprint density at radius 1 is 1.53 bits per heavy atom. The van der Waals surface area contributed by atoms with Gasteiger partial charge in [0.25, 0.3) is 0 Å². The van der Waals surface area contributed by atoms with Crippen molar-refractivity contribution in [3.8, 4) is 5.75 Å². The van der Waals surface area contributed by atoms with Crippen LogP contribution in [0.25, 0.3) is 0 Å². The van der Waals surface area contributed by atoms with Gasteiger partial charge in [0.1, 0.15) is 6.10 Å². The summed E-state index contributed by atoms with van der Waals surface area (Å²) >= 11 is 0. The zero-order valence-corrected chi connectivity index (χ0v) is 9.26. The number of nitrogens with two attached hydrogens (primary N) is 1. The van der Waals surface area contributed by atoms with Crippen molar-refractivity contribution in [2.24, 2.45) is 5.73 Å². The van der Waals surface area contributed by atoms with Crippen LogP contribution >= 0.6 is 0 Å². The number of rotatable bonds is 5. The van der Waals surface area contributed by atoms with Crippen molar-refractivity contribution in [2.45, 2.75) is 18.6 Å². The lowest BCUT2D eigenvalue weighted by molar-refractivity contribution is -0.121. The monoisotopic (exact) mass is 243 g/mol. The summed E-state index contributed by atoms with van der Waals surface area (Å²) in [5.74, 6) is -1.58. The highest BCUT2D eigenvalue weighted by molar-refractivity contribution is 5.74. The number of primary amides is 1. The van der Waals surface area contributed by atoms with Crippen LogP contribution in [0.15, 0.2) is 18.2 Å². The van der Waals surface area contributed by atoms with Gasteiger partial charge in [-0.1, -0.05) is 12.1 Å². The molecule has 0 heterocycles. The average molecular weight is 243 g/mol. The molecule has 0 aliphatic rings. The SMILES string of the molecule is COc1c(F)cccc1C(O)C(O)CC(N)=O. The van der Waals surface area contributed by atoms with Gasteiger partial charge in [-0.25, -0.2) is 4.39 Å². The largest absolute Gasteiger partial charge is 0.493 e. The Morgan fingerprint density at radius 2 is 2.18 bits per heavy atom. The van der Waals surface area contributed by atoms with Gasteiger partial charge in [-0.15, -0.1) is 0 Å². The average Bonchev–Trinajstić information content (AvgIpc) is 2.26. The molecule has 6 heteroatoms.